The van der Waals surface area contributed by atoms with Gasteiger partial charge in [-0.2, -0.15) is 0 Å². The van der Waals surface area contributed by atoms with Crippen LogP contribution in [0.25, 0.3) is 0 Å². The van der Waals surface area contributed by atoms with E-state index in [2.05, 4.69) is 64.6 Å². The van der Waals surface area contributed by atoms with E-state index in [4.69, 9.17) is 0 Å². The standard InChI is InChI=1S/C31H45N5O3/c1-23(2)28(39)36(21-27(38)34-29-32-20-14-26(37)33-29)22-30(15-13-24-9-8-10-24)16-18-31(19-17-30,35(3)4)25-11-6-5-7-12-25/h5-7,11-12,14,20,23-24H,8-10,13,15-19,21-22H2,1-4H3,(H2,32,33,34,37,38). The maximum Gasteiger partial charge on any atom is 0.252 e. The van der Waals surface area contributed by atoms with Crippen LogP contribution in [0.2, 0.25) is 0 Å². The first-order valence-corrected chi connectivity index (χ1v) is 14.5. The van der Waals surface area contributed by atoms with Crippen LogP contribution in [0.4, 0.5) is 5.95 Å². The Balaban J connectivity index is 1.55. The van der Waals surface area contributed by atoms with Crippen molar-refractivity contribution in [2.45, 2.75) is 77.2 Å². The van der Waals surface area contributed by atoms with E-state index in [1.807, 2.05) is 13.8 Å². The first-order chi connectivity index (χ1) is 18.6. The maximum atomic E-state index is 13.4. The van der Waals surface area contributed by atoms with Crippen molar-refractivity contribution in [3.05, 3.63) is 58.5 Å². The summed E-state index contributed by atoms with van der Waals surface area (Å²) in [6.07, 6.45) is 11.6. The number of H-pyrrole nitrogens is 1. The minimum atomic E-state index is -0.352. The zero-order chi connectivity index (χ0) is 28.0. The van der Waals surface area contributed by atoms with Crippen molar-refractivity contribution >= 4 is 17.8 Å². The topological polar surface area (TPSA) is 98.4 Å². The molecular weight excluding hydrogens is 490 g/mol. The number of carbonyl (C=O) groups excluding carboxylic acids is 2. The fourth-order valence-corrected chi connectivity index (χ4v) is 6.48. The van der Waals surface area contributed by atoms with Gasteiger partial charge >= 0.3 is 0 Å². The van der Waals surface area contributed by atoms with Gasteiger partial charge in [-0.05, 0) is 69.5 Å². The van der Waals surface area contributed by atoms with Crippen molar-refractivity contribution in [1.82, 2.24) is 19.8 Å². The highest BCUT2D eigenvalue weighted by molar-refractivity contribution is 5.93. The monoisotopic (exact) mass is 535 g/mol. The second kappa shape index (κ2) is 12.5. The highest BCUT2D eigenvalue weighted by atomic mass is 16.2. The molecule has 2 amide bonds. The van der Waals surface area contributed by atoms with Gasteiger partial charge in [-0.25, -0.2) is 4.98 Å². The van der Waals surface area contributed by atoms with Crippen LogP contribution in [0.3, 0.4) is 0 Å². The van der Waals surface area contributed by atoms with Crippen LogP contribution in [-0.4, -0.2) is 58.8 Å². The number of aromatic nitrogens is 2. The number of anilines is 1. The van der Waals surface area contributed by atoms with Crippen molar-refractivity contribution < 1.29 is 9.59 Å². The van der Waals surface area contributed by atoms with Crippen LogP contribution in [0.5, 0.6) is 0 Å². The lowest BCUT2D eigenvalue weighted by atomic mass is 9.61. The van der Waals surface area contributed by atoms with Crippen LogP contribution in [0.1, 0.15) is 77.2 Å². The Morgan fingerprint density at radius 2 is 1.77 bits per heavy atom. The van der Waals surface area contributed by atoms with E-state index in [1.54, 1.807) is 4.90 Å². The molecule has 8 heteroatoms. The minimum Gasteiger partial charge on any atom is -0.333 e. The van der Waals surface area contributed by atoms with Gasteiger partial charge < -0.3 is 4.90 Å². The Bertz CT molecular complexity index is 1160. The van der Waals surface area contributed by atoms with E-state index < -0.39 is 0 Å². The molecule has 1 aromatic heterocycles. The molecule has 2 fully saturated rings. The average molecular weight is 536 g/mol. The third-order valence-electron chi connectivity index (χ3n) is 9.21. The zero-order valence-electron chi connectivity index (χ0n) is 24.0. The number of rotatable bonds is 11. The summed E-state index contributed by atoms with van der Waals surface area (Å²) in [7, 11) is 4.35. The lowest BCUT2D eigenvalue weighted by molar-refractivity contribution is -0.140. The Morgan fingerprint density at radius 1 is 1.08 bits per heavy atom. The quantitative estimate of drug-likeness (QED) is 0.431. The first kappa shape index (κ1) is 29.0. The van der Waals surface area contributed by atoms with E-state index in [0.29, 0.717) is 6.54 Å². The number of aromatic amines is 1. The van der Waals surface area contributed by atoms with E-state index in [1.165, 1.54) is 43.5 Å². The Morgan fingerprint density at radius 3 is 2.33 bits per heavy atom. The summed E-state index contributed by atoms with van der Waals surface area (Å²) in [5.74, 6) is 0.297. The van der Waals surface area contributed by atoms with Crippen LogP contribution in [0.15, 0.2) is 47.4 Å². The number of benzene rings is 1. The molecule has 2 N–H and O–H groups in total. The molecule has 2 aliphatic rings. The molecule has 8 nitrogen and oxygen atoms in total. The van der Waals surface area contributed by atoms with Gasteiger partial charge in [0.15, 0.2) is 0 Å². The lowest BCUT2D eigenvalue weighted by Crippen LogP contribution is -2.52. The van der Waals surface area contributed by atoms with Crippen LogP contribution >= 0.6 is 0 Å². The van der Waals surface area contributed by atoms with E-state index >= 15 is 0 Å². The molecule has 39 heavy (non-hydrogen) atoms. The van der Waals surface area contributed by atoms with Crippen molar-refractivity contribution in [3.8, 4) is 0 Å². The van der Waals surface area contributed by atoms with Gasteiger partial charge in [-0.15, -0.1) is 0 Å². The second-order valence-electron chi connectivity index (χ2n) is 12.3. The van der Waals surface area contributed by atoms with Crippen molar-refractivity contribution in [1.29, 1.82) is 0 Å². The molecule has 0 aliphatic heterocycles. The van der Waals surface area contributed by atoms with Gasteiger partial charge in [-0.1, -0.05) is 63.4 Å². The normalized spacial score (nSPS) is 23.4. The third-order valence-corrected chi connectivity index (χ3v) is 9.21. The van der Waals surface area contributed by atoms with Gasteiger partial charge in [0.25, 0.3) is 5.56 Å². The summed E-state index contributed by atoms with van der Waals surface area (Å²) in [4.78, 5) is 48.8. The number of hydrogen-bond donors (Lipinski definition) is 2. The molecular formula is C31H45N5O3. The summed E-state index contributed by atoms with van der Waals surface area (Å²) in [6.45, 7) is 4.29. The number of amides is 2. The molecule has 0 saturated heterocycles. The van der Waals surface area contributed by atoms with Gasteiger partial charge in [0, 0.05) is 30.3 Å². The van der Waals surface area contributed by atoms with Crippen molar-refractivity contribution in [2.75, 3.05) is 32.5 Å². The molecule has 0 radical (unpaired) electrons. The summed E-state index contributed by atoms with van der Waals surface area (Å²) < 4.78 is 0. The molecule has 0 atom stereocenters. The summed E-state index contributed by atoms with van der Waals surface area (Å²) >= 11 is 0. The van der Waals surface area contributed by atoms with E-state index in [-0.39, 0.29) is 46.7 Å². The van der Waals surface area contributed by atoms with Crippen LogP contribution < -0.4 is 10.9 Å². The molecule has 2 aromatic rings. The van der Waals surface area contributed by atoms with Gasteiger partial charge in [0.05, 0.1) is 6.54 Å². The van der Waals surface area contributed by atoms with Crippen LogP contribution in [0, 0.1) is 17.3 Å². The fraction of sp³-hybridized carbons (Fsp3) is 0.613. The predicted molar refractivity (Wildman–Crippen MR) is 154 cm³/mol. The largest absolute Gasteiger partial charge is 0.333 e. The Hall–Kier alpha value is -3.00. The third kappa shape index (κ3) is 6.96. The average Bonchev–Trinajstić information content (AvgIpc) is 2.88. The number of carbonyl (C=O) groups is 2. The molecule has 212 valence electrons. The first-order valence-electron chi connectivity index (χ1n) is 14.5. The predicted octanol–water partition coefficient (Wildman–Crippen LogP) is 4.79. The molecule has 1 aromatic carbocycles. The second-order valence-corrected chi connectivity index (χ2v) is 12.3. The minimum absolute atomic E-state index is 0.0183. The molecule has 1 heterocycles. The zero-order valence-corrected chi connectivity index (χ0v) is 24.0. The Labute approximate surface area is 232 Å². The molecule has 0 unspecified atom stereocenters. The van der Waals surface area contributed by atoms with Crippen molar-refractivity contribution in [2.24, 2.45) is 17.3 Å². The molecule has 2 aliphatic carbocycles. The number of hydrogen-bond acceptors (Lipinski definition) is 5. The smallest absolute Gasteiger partial charge is 0.252 e. The van der Waals surface area contributed by atoms with Gasteiger partial charge in [0.2, 0.25) is 17.8 Å². The van der Waals surface area contributed by atoms with Crippen molar-refractivity contribution in [3.63, 3.8) is 0 Å². The van der Waals surface area contributed by atoms with Gasteiger partial charge in [0.1, 0.15) is 0 Å². The van der Waals surface area contributed by atoms with E-state index in [9.17, 15) is 14.4 Å². The van der Waals surface area contributed by atoms with Gasteiger partial charge in [-0.3, -0.25) is 29.6 Å². The Kier molecular flexibility index (Phi) is 9.26. The lowest BCUT2D eigenvalue weighted by Gasteiger charge is -2.52. The highest BCUT2D eigenvalue weighted by Crippen LogP contribution is 2.51. The molecule has 4 rings (SSSR count). The fourth-order valence-electron chi connectivity index (χ4n) is 6.48. The number of nitrogens with zero attached hydrogens (tertiary/aromatic N) is 3. The highest BCUT2D eigenvalue weighted by Gasteiger charge is 2.46. The molecule has 2 saturated carbocycles. The maximum absolute atomic E-state index is 13.4. The summed E-state index contributed by atoms with van der Waals surface area (Å²) in [5, 5.41) is 2.67. The van der Waals surface area contributed by atoms with E-state index in [0.717, 1.165) is 38.0 Å². The molecule has 0 bridgehead atoms. The summed E-state index contributed by atoms with van der Waals surface area (Å²) in [5.41, 5.74) is 0.946. The molecule has 0 spiro atoms. The summed E-state index contributed by atoms with van der Waals surface area (Å²) in [6, 6.07) is 12.1. The SMILES string of the molecule is CC(C)C(=O)N(CC(=O)Nc1nccc(=O)[nH]1)CC1(CCC2CCC2)CCC(c2ccccc2)(N(C)C)CC1. The van der Waals surface area contributed by atoms with Crippen LogP contribution in [-0.2, 0) is 15.1 Å². The number of nitrogens with one attached hydrogen (secondary N) is 2.